The number of ether oxygens (including phenoxy) is 1. The standard InChI is InChI=1S/C13H16F2N2O3/c1-3-17(12(19)8-20-2)7-11(18)16-13-9(14)5-4-6-10(13)15/h4-6H,3,7-8H2,1-2H3,(H,16,18). The van der Waals surface area contributed by atoms with Gasteiger partial charge in [0.15, 0.2) is 0 Å². The van der Waals surface area contributed by atoms with E-state index in [0.29, 0.717) is 0 Å². The lowest BCUT2D eigenvalue weighted by Gasteiger charge is -2.20. The van der Waals surface area contributed by atoms with Crippen LogP contribution in [0.4, 0.5) is 14.5 Å². The summed E-state index contributed by atoms with van der Waals surface area (Å²) >= 11 is 0. The van der Waals surface area contributed by atoms with Crippen LogP contribution in [0.15, 0.2) is 18.2 Å². The van der Waals surface area contributed by atoms with Crippen LogP contribution in [0, 0.1) is 11.6 Å². The van der Waals surface area contributed by atoms with E-state index in [1.165, 1.54) is 18.1 Å². The van der Waals surface area contributed by atoms with Crippen LogP contribution in [0.5, 0.6) is 0 Å². The molecule has 1 N–H and O–H groups in total. The highest BCUT2D eigenvalue weighted by molar-refractivity contribution is 5.94. The third kappa shape index (κ3) is 4.27. The van der Waals surface area contributed by atoms with E-state index in [0.717, 1.165) is 12.1 Å². The molecule has 7 heteroatoms. The van der Waals surface area contributed by atoms with Gasteiger partial charge >= 0.3 is 0 Å². The minimum Gasteiger partial charge on any atom is -0.375 e. The van der Waals surface area contributed by atoms with Gasteiger partial charge in [0.2, 0.25) is 11.8 Å². The molecular weight excluding hydrogens is 270 g/mol. The zero-order valence-corrected chi connectivity index (χ0v) is 11.3. The number of amides is 2. The molecule has 1 rings (SSSR count). The number of benzene rings is 1. The number of para-hydroxylation sites is 1. The number of likely N-dealkylation sites (N-methyl/N-ethyl adjacent to an activating group) is 1. The summed E-state index contributed by atoms with van der Waals surface area (Å²) in [5, 5.41) is 2.12. The summed E-state index contributed by atoms with van der Waals surface area (Å²) in [6, 6.07) is 3.26. The Morgan fingerprint density at radius 3 is 2.40 bits per heavy atom. The van der Waals surface area contributed by atoms with Crippen molar-refractivity contribution in [1.82, 2.24) is 4.90 Å². The van der Waals surface area contributed by atoms with Crippen LogP contribution in [0.1, 0.15) is 6.92 Å². The van der Waals surface area contributed by atoms with Crippen molar-refractivity contribution in [1.29, 1.82) is 0 Å². The monoisotopic (exact) mass is 286 g/mol. The number of rotatable bonds is 6. The molecular formula is C13H16F2N2O3. The lowest BCUT2D eigenvalue weighted by atomic mass is 10.3. The van der Waals surface area contributed by atoms with Crippen molar-refractivity contribution >= 4 is 17.5 Å². The lowest BCUT2D eigenvalue weighted by molar-refractivity contribution is -0.137. The number of nitrogens with one attached hydrogen (secondary N) is 1. The lowest BCUT2D eigenvalue weighted by Crippen LogP contribution is -2.39. The molecule has 0 spiro atoms. The highest BCUT2D eigenvalue weighted by atomic mass is 19.1. The zero-order valence-electron chi connectivity index (χ0n) is 11.3. The molecule has 5 nitrogen and oxygen atoms in total. The first-order valence-electron chi connectivity index (χ1n) is 6.00. The minimum atomic E-state index is -0.871. The number of nitrogens with zero attached hydrogens (tertiary/aromatic N) is 1. The molecule has 0 fully saturated rings. The van der Waals surface area contributed by atoms with Crippen molar-refractivity contribution in [2.45, 2.75) is 6.92 Å². The van der Waals surface area contributed by atoms with Crippen LogP contribution in [0.3, 0.4) is 0 Å². The summed E-state index contributed by atoms with van der Waals surface area (Å²) < 4.78 is 31.4. The number of anilines is 1. The summed E-state index contributed by atoms with van der Waals surface area (Å²) in [4.78, 5) is 24.5. The van der Waals surface area contributed by atoms with E-state index in [9.17, 15) is 18.4 Å². The van der Waals surface area contributed by atoms with Crippen molar-refractivity contribution in [2.24, 2.45) is 0 Å². The van der Waals surface area contributed by atoms with E-state index < -0.39 is 23.2 Å². The van der Waals surface area contributed by atoms with E-state index in [1.807, 2.05) is 0 Å². The van der Waals surface area contributed by atoms with Crippen molar-refractivity contribution in [3.63, 3.8) is 0 Å². The molecule has 0 bridgehead atoms. The Kier molecular flexibility index (Phi) is 6.05. The highest BCUT2D eigenvalue weighted by Crippen LogP contribution is 2.17. The van der Waals surface area contributed by atoms with Crippen molar-refractivity contribution in [3.8, 4) is 0 Å². The van der Waals surface area contributed by atoms with E-state index in [1.54, 1.807) is 6.92 Å². The van der Waals surface area contributed by atoms with Gasteiger partial charge < -0.3 is 15.0 Å². The van der Waals surface area contributed by atoms with E-state index >= 15 is 0 Å². The SMILES string of the molecule is CCN(CC(=O)Nc1c(F)cccc1F)C(=O)COC. The fourth-order valence-corrected chi connectivity index (χ4v) is 1.56. The van der Waals surface area contributed by atoms with Gasteiger partial charge in [0.1, 0.15) is 23.9 Å². The van der Waals surface area contributed by atoms with Crippen LogP contribution < -0.4 is 5.32 Å². The molecule has 0 atom stereocenters. The maximum absolute atomic E-state index is 13.4. The molecule has 0 aromatic heterocycles. The first-order valence-corrected chi connectivity index (χ1v) is 6.00. The average Bonchev–Trinajstić information content (AvgIpc) is 2.40. The molecule has 0 saturated carbocycles. The summed E-state index contributed by atoms with van der Waals surface area (Å²) in [5.41, 5.74) is -0.521. The Hall–Kier alpha value is -2.02. The Bertz CT molecular complexity index is 474. The van der Waals surface area contributed by atoms with Gasteiger partial charge in [-0.2, -0.15) is 0 Å². The van der Waals surface area contributed by atoms with Gasteiger partial charge in [-0.05, 0) is 19.1 Å². The van der Waals surface area contributed by atoms with Gasteiger partial charge in [-0.1, -0.05) is 6.07 Å². The van der Waals surface area contributed by atoms with Crippen LogP contribution in [-0.2, 0) is 14.3 Å². The Labute approximate surface area is 115 Å². The molecule has 1 aromatic carbocycles. The number of carbonyl (C=O) groups excluding carboxylic acids is 2. The second-order valence-electron chi connectivity index (χ2n) is 3.99. The topological polar surface area (TPSA) is 58.6 Å². The van der Waals surface area contributed by atoms with E-state index in [4.69, 9.17) is 0 Å². The number of hydrogen-bond acceptors (Lipinski definition) is 3. The quantitative estimate of drug-likeness (QED) is 0.860. The first-order chi connectivity index (χ1) is 9.49. The number of methoxy groups -OCH3 is 1. The fourth-order valence-electron chi connectivity index (χ4n) is 1.56. The summed E-state index contributed by atoms with van der Waals surface area (Å²) in [6.45, 7) is 1.52. The normalized spacial score (nSPS) is 10.2. The van der Waals surface area contributed by atoms with Crippen LogP contribution in [-0.4, -0.2) is 43.5 Å². The molecule has 0 unspecified atom stereocenters. The number of halogens is 2. The third-order valence-corrected chi connectivity index (χ3v) is 2.56. The van der Waals surface area contributed by atoms with Gasteiger partial charge in [0.05, 0.1) is 6.54 Å². The second-order valence-corrected chi connectivity index (χ2v) is 3.99. The molecule has 110 valence electrons. The molecule has 20 heavy (non-hydrogen) atoms. The third-order valence-electron chi connectivity index (χ3n) is 2.56. The maximum Gasteiger partial charge on any atom is 0.249 e. The predicted octanol–water partition coefficient (Wildman–Crippen LogP) is 1.40. The largest absolute Gasteiger partial charge is 0.375 e. The van der Waals surface area contributed by atoms with Crippen LogP contribution in [0.2, 0.25) is 0 Å². The van der Waals surface area contributed by atoms with Crippen LogP contribution >= 0.6 is 0 Å². The Morgan fingerprint density at radius 2 is 1.90 bits per heavy atom. The molecule has 2 amide bonds. The van der Waals surface area contributed by atoms with Gasteiger partial charge in [-0.15, -0.1) is 0 Å². The van der Waals surface area contributed by atoms with E-state index in [-0.39, 0.29) is 25.6 Å². The van der Waals surface area contributed by atoms with Crippen molar-refractivity contribution in [2.75, 3.05) is 32.1 Å². The number of hydrogen-bond donors (Lipinski definition) is 1. The van der Waals surface area contributed by atoms with Crippen LogP contribution in [0.25, 0.3) is 0 Å². The molecule has 0 radical (unpaired) electrons. The molecule has 0 aliphatic heterocycles. The predicted molar refractivity (Wildman–Crippen MR) is 69.1 cm³/mol. The van der Waals surface area contributed by atoms with Gasteiger partial charge in [0, 0.05) is 13.7 Å². The fraction of sp³-hybridized carbons (Fsp3) is 0.385. The summed E-state index contributed by atoms with van der Waals surface area (Å²) in [6.07, 6.45) is 0. The molecule has 0 aliphatic rings. The van der Waals surface area contributed by atoms with Gasteiger partial charge in [-0.25, -0.2) is 8.78 Å². The first kappa shape index (κ1) is 16.0. The van der Waals surface area contributed by atoms with Crippen molar-refractivity contribution < 1.29 is 23.1 Å². The van der Waals surface area contributed by atoms with E-state index in [2.05, 4.69) is 10.1 Å². The molecule has 0 heterocycles. The average molecular weight is 286 g/mol. The minimum absolute atomic E-state index is 0.158. The summed E-state index contributed by atoms with van der Waals surface area (Å²) in [7, 11) is 1.36. The summed E-state index contributed by atoms with van der Waals surface area (Å²) in [5.74, 6) is -2.80. The van der Waals surface area contributed by atoms with Gasteiger partial charge in [0.25, 0.3) is 0 Å². The van der Waals surface area contributed by atoms with Crippen molar-refractivity contribution in [3.05, 3.63) is 29.8 Å². The molecule has 0 saturated heterocycles. The Balaban J connectivity index is 2.69. The zero-order chi connectivity index (χ0) is 15.1. The smallest absolute Gasteiger partial charge is 0.249 e. The second kappa shape index (κ2) is 7.54. The molecule has 0 aliphatic carbocycles. The Morgan fingerprint density at radius 1 is 1.30 bits per heavy atom. The number of carbonyl (C=O) groups is 2. The molecule has 1 aromatic rings. The maximum atomic E-state index is 13.4. The van der Waals surface area contributed by atoms with Gasteiger partial charge in [-0.3, -0.25) is 9.59 Å². The highest BCUT2D eigenvalue weighted by Gasteiger charge is 2.17.